The van der Waals surface area contributed by atoms with Gasteiger partial charge in [0.15, 0.2) is 0 Å². The number of nitrogens with two attached hydrogens (primary N) is 2. The molecule has 0 amide bonds. The van der Waals surface area contributed by atoms with Gasteiger partial charge in [-0.05, 0) is 77.2 Å². The third-order valence-electron chi connectivity index (χ3n) is 7.76. The van der Waals surface area contributed by atoms with Crippen molar-refractivity contribution in [1.82, 2.24) is 19.5 Å². The van der Waals surface area contributed by atoms with E-state index >= 15 is 0 Å². The number of benzene rings is 1. The van der Waals surface area contributed by atoms with Crippen LogP contribution in [0.4, 0.5) is 11.6 Å². The SMILES string of the molecule is Nc1nc2cc(C[C@@H]3CC[C@@]4(O)[C@@H]3C[C@@H](n3ccc5c(N)ncnc53)[C@@H]4O)ccc2cc1Br. The van der Waals surface area contributed by atoms with E-state index in [4.69, 9.17) is 11.5 Å². The van der Waals surface area contributed by atoms with Crippen LogP contribution in [0.3, 0.4) is 0 Å². The zero-order valence-corrected chi connectivity index (χ0v) is 19.5. The number of nitrogens with zero attached hydrogens (tertiary/aromatic N) is 4. The highest BCUT2D eigenvalue weighted by Gasteiger charge is 2.59. The molecule has 4 aromatic rings. The van der Waals surface area contributed by atoms with E-state index in [0.29, 0.717) is 30.1 Å². The third kappa shape index (κ3) is 3.13. The Morgan fingerprint density at radius 3 is 2.85 bits per heavy atom. The molecule has 0 radical (unpaired) electrons. The summed E-state index contributed by atoms with van der Waals surface area (Å²) in [6.07, 6.45) is 5.42. The summed E-state index contributed by atoms with van der Waals surface area (Å²) in [4.78, 5) is 12.9. The molecule has 8 nitrogen and oxygen atoms in total. The van der Waals surface area contributed by atoms with Gasteiger partial charge in [0.25, 0.3) is 0 Å². The number of rotatable bonds is 3. The minimum absolute atomic E-state index is 0.00669. The van der Waals surface area contributed by atoms with Crippen molar-refractivity contribution in [2.75, 3.05) is 11.5 Å². The highest BCUT2D eigenvalue weighted by atomic mass is 79.9. The van der Waals surface area contributed by atoms with Crippen molar-refractivity contribution in [1.29, 1.82) is 0 Å². The molecule has 33 heavy (non-hydrogen) atoms. The maximum Gasteiger partial charge on any atom is 0.145 e. The van der Waals surface area contributed by atoms with Gasteiger partial charge in [-0.25, -0.2) is 15.0 Å². The number of fused-ring (bicyclic) bond motifs is 3. The van der Waals surface area contributed by atoms with E-state index in [2.05, 4.69) is 49.1 Å². The summed E-state index contributed by atoms with van der Waals surface area (Å²) in [7, 11) is 0. The van der Waals surface area contributed by atoms with Crippen molar-refractivity contribution >= 4 is 49.5 Å². The predicted molar refractivity (Wildman–Crippen MR) is 130 cm³/mol. The van der Waals surface area contributed by atoms with Gasteiger partial charge in [-0.15, -0.1) is 0 Å². The van der Waals surface area contributed by atoms with Gasteiger partial charge in [0, 0.05) is 11.6 Å². The molecular formula is C24H25BrN6O2. The molecule has 2 saturated carbocycles. The molecule has 5 atom stereocenters. The molecule has 2 fully saturated rings. The molecule has 6 rings (SSSR count). The fraction of sp³-hybridized carbons (Fsp3) is 0.375. The fourth-order valence-electron chi connectivity index (χ4n) is 6.10. The highest BCUT2D eigenvalue weighted by Crippen LogP contribution is 2.55. The van der Waals surface area contributed by atoms with Gasteiger partial charge in [-0.3, -0.25) is 0 Å². The number of aliphatic hydroxyl groups excluding tert-OH is 1. The molecular weight excluding hydrogens is 484 g/mol. The van der Waals surface area contributed by atoms with E-state index in [1.165, 1.54) is 6.33 Å². The molecule has 6 N–H and O–H groups in total. The summed E-state index contributed by atoms with van der Waals surface area (Å²) in [6, 6.07) is 9.85. The molecule has 0 unspecified atom stereocenters. The van der Waals surface area contributed by atoms with E-state index in [-0.39, 0.29) is 17.9 Å². The Morgan fingerprint density at radius 1 is 1.15 bits per heavy atom. The van der Waals surface area contributed by atoms with E-state index in [9.17, 15) is 10.2 Å². The molecule has 2 aliphatic rings. The number of aliphatic hydroxyl groups is 2. The summed E-state index contributed by atoms with van der Waals surface area (Å²) in [5, 5.41) is 24.5. The van der Waals surface area contributed by atoms with E-state index in [0.717, 1.165) is 39.2 Å². The Morgan fingerprint density at radius 2 is 2.00 bits per heavy atom. The quantitative estimate of drug-likeness (QED) is 0.333. The second kappa shape index (κ2) is 7.38. The molecule has 0 bridgehead atoms. The molecule has 3 heterocycles. The van der Waals surface area contributed by atoms with Crippen LogP contribution in [-0.4, -0.2) is 41.4 Å². The minimum Gasteiger partial charge on any atom is -0.388 e. The fourth-order valence-corrected chi connectivity index (χ4v) is 6.43. The van der Waals surface area contributed by atoms with Crippen LogP contribution in [0.1, 0.15) is 30.9 Å². The van der Waals surface area contributed by atoms with Gasteiger partial charge in [0.1, 0.15) is 29.7 Å². The van der Waals surface area contributed by atoms with Crippen LogP contribution in [0, 0.1) is 11.8 Å². The lowest BCUT2D eigenvalue weighted by atomic mass is 9.84. The van der Waals surface area contributed by atoms with Gasteiger partial charge >= 0.3 is 0 Å². The first-order chi connectivity index (χ1) is 15.8. The smallest absolute Gasteiger partial charge is 0.145 e. The minimum atomic E-state index is -1.10. The predicted octanol–water partition coefficient (Wildman–Crippen LogP) is 3.21. The van der Waals surface area contributed by atoms with Crippen molar-refractivity contribution < 1.29 is 10.2 Å². The van der Waals surface area contributed by atoms with Crippen molar-refractivity contribution in [2.45, 2.75) is 43.4 Å². The first-order valence-electron chi connectivity index (χ1n) is 11.2. The van der Waals surface area contributed by atoms with Gasteiger partial charge in [-0.1, -0.05) is 12.1 Å². The Hall–Kier alpha value is -2.75. The average molecular weight is 509 g/mol. The lowest BCUT2D eigenvalue weighted by molar-refractivity contribution is -0.0799. The maximum atomic E-state index is 11.5. The van der Waals surface area contributed by atoms with Crippen molar-refractivity contribution in [3.63, 3.8) is 0 Å². The standard InChI is InChI=1S/C24H25BrN6O2/c25-17-9-14-2-1-12(8-18(14)30-22(17)27)7-13-3-5-24(33)16(13)10-19(20(24)32)31-6-4-15-21(26)28-11-29-23(15)31/h1-2,4,6,8-9,11,13,16,19-20,32-33H,3,5,7,10H2,(H2,27,30)(H2,26,28,29)/t13-,16+,19+,20-,24+/m0/s1. The highest BCUT2D eigenvalue weighted by molar-refractivity contribution is 9.10. The number of anilines is 2. The molecule has 2 aliphatic carbocycles. The molecule has 0 saturated heterocycles. The van der Waals surface area contributed by atoms with Gasteiger partial charge in [0.2, 0.25) is 0 Å². The van der Waals surface area contributed by atoms with E-state index in [1.807, 2.05) is 22.9 Å². The van der Waals surface area contributed by atoms with E-state index in [1.54, 1.807) is 0 Å². The van der Waals surface area contributed by atoms with Crippen LogP contribution in [0.25, 0.3) is 21.9 Å². The zero-order chi connectivity index (χ0) is 22.9. The summed E-state index contributed by atoms with van der Waals surface area (Å²) in [6.45, 7) is 0. The maximum absolute atomic E-state index is 11.5. The number of nitrogen functional groups attached to an aromatic ring is 2. The van der Waals surface area contributed by atoms with E-state index < -0.39 is 11.7 Å². The van der Waals surface area contributed by atoms with Crippen LogP contribution in [-0.2, 0) is 6.42 Å². The normalized spacial score (nSPS) is 29.2. The Balaban J connectivity index is 1.29. The third-order valence-corrected chi connectivity index (χ3v) is 8.39. The molecule has 1 aromatic carbocycles. The Kier molecular flexibility index (Phi) is 4.66. The Bertz CT molecular complexity index is 1390. The topological polar surface area (TPSA) is 136 Å². The van der Waals surface area contributed by atoms with Crippen molar-refractivity contribution in [3.05, 3.63) is 52.9 Å². The van der Waals surface area contributed by atoms with Gasteiger partial charge < -0.3 is 26.2 Å². The molecule has 0 aliphatic heterocycles. The number of halogens is 1. The number of hydrogen-bond donors (Lipinski definition) is 4. The number of pyridine rings is 1. The lowest BCUT2D eigenvalue weighted by Crippen LogP contribution is -2.42. The summed E-state index contributed by atoms with van der Waals surface area (Å²) in [5.74, 6) is 1.15. The molecule has 0 spiro atoms. The second-order valence-electron chi connectivity index (χ2n) is 9.45. The Labute approximate surface area is 198 Å². The van der Waals surface area contributed by atoms with Crippen LogP contribution in [0.2, 0.25) is 0 Å². The van der Waals surface area contributed by atoms with Crippen LogP contribution in [0.15, 0.2) is 47.3 Å². The first kappa shape index (κ1) is 20.8. The summed E-state index contributed by atoms with van der Waals surface area (Å²) >= 11 is 3.43. The number of aromatic nitrogens is 4. The largest absolute Gasteiger partial charge is 0.388 e. The van der Waals surface area contributed by atoms with Crippen molar-refractivity contribution in [3.8, 4) is 0 Å². The lowest BCUT2D eigenvalue weighted by Gasteiger charge is -2.29. The molecule has 170 valence electrons. The average Bonchev–Trinajstić information content (AvgIpc) is 3.42. The monoisotopic (exact) mass is 508 g/mol. The van der Waals surface area contributed by atoms with Gasteiger partial charge in [-0.2, -0.15) is 0 Å². The molecule has 9 heteroatoms. The van der Waals surface area contributed by atoms with Crippen LogP contribution in [0.5, 0.6) is 0 Å². The summed E-state index contributed by atoms with van der Waals surface area (Å²) < 4.78 is 2.74. The summed E-state index contributed by atoms with van der Waals surface area (Å²) in [5.41, 5.74) is 13.6. The first-order valence-corrected chi connectivity index (χ1v) is 12.0. The number of hydrogen-bond acceptors (Lipinski definition) is 7. The zero-order valence-electron chi connectivity index (χ0n) is 17.9. The van der Waals surface area contributed by atoms with Crippen LogP contribution < -0.4 is 11.5 Å². The van der Waals surface area contributed by atoms with Crippen molar-refractivity contribution in [2.24, 2.45) is 11.8 Å². The second-order valence-corrected chi connectivity index (χ2v) is 10.3. The van der Waals surface area contributed by atoms with Gasteiger partial charge in [0.05, 0.1) is 27.0 Å². The van der Waals surface area contributed by atoms with Crippen LogP contribution >= 0.6 is 15.9 Å². The molecule has 3 aromatic heterocycles.